The number of azo groups is 1. The lowest BCUT2D eigenvalue weighted by Crippen LogP contribution is -2.06. The number of rotatable bonds is 5. The van der Waals surface area contributed by atoms with Crippen molar-refractivity contribution in [3.05, 3.63) is 54.1 Å². The summed E-state index contributed by atoms with van der Waals surface area (Å²) in [5.74, 6) is 0.641. The lowest BCUT2D eigenvalue weighted by atomic mass is 10.2. The Morgan fingerprint density at radius 2 is 1.45 bits per heavy atom. The van der Waals surface area contributed by atoms with E-state index in [0.29, 0.717) is 5.75 Å². The van der Waals surface area contributed by atoms with E-state index in [-0.39, 0.29) is 12.4 Å². The van der Waals surface area contributed by atoms with E-state index in [9.17, 15) is 4.79 Å². The van der Waals surface area contributed by atoms with Gasteiger partial charge in [0.1, 0.15) is 12.4 Å². The minimum Gasteiger partial charge on any atom is -0.486 e. The largest absolute Gasteiger partial charge is 0.486 e. The molecule has 0 unspecified atom stereocenters. The molecular formula is C16H16N2O2. The summed E-state index contributed by atoms with van der Waals surface area (Å²) in [6.07, 6.45) is 0. The van der Waals surface area contributed by atoms with Crippen LogP contribution in [-0.2, 0) is 4.79 Å². The first-order chi connectivity index (χ1) is 9.63. The van der Waals surface area contributed by atoms with Crippen molar-refractivity contribution in [1.29, 1.82) is 0 Å². The Balaban J connectivity index is 1.99. The van der Waals surface area contributed by atoms with Crippen molar-refractivity contribution in [1.82, 2.24) is 0 Å². The number of carbonyl (C=O) groups excluding carboxylic acids is 1. The number of ketones is 1. The second-order valence-corrected chi connectivity index (χ2v) is 4.52. The number of hydrogen-bond acceptors (Lipinski definition) is 4. The molecule has 0 aromatic heterocycles. The summed E-state index contributed by atoms with van der Waals surface area (Å²) in [5, 5.41) is 8.30. The topological polar surface area (TPSA) is 51.0 Å². The average molecular weight is 268 g/mol. The van der Waals surface area contributed by atoms with Crippen LogP contribution in [0, 0.1) is 6.92 Å². The molecule has 0 heterocycles. The third-order valence-electron chi connectivity index (χ3n) is 2.59. The molecule has 4 heteroatoms. The Morgan fingerprint density at radius 3 is 1.95 bits per heavy atom. The predicted molar refractivity (Wildman–Crippen MR) is 78.0 cm³/mol. The van der Waals surface area contributed by atoms with Crippen molar-refractivity contribution < 1.29 is 9.53 Å². The molecule has 2 rings (SSSR count). The molecule has 0 saturated carbocycles. The highest BCUT2D eigenvalue weighted by Gasteiger charge is 1.97. The van der Waals surface area contributed by atoms with Crippen LogP contribution in [0.15, 0.2) is 58.8 Å². The Bertz CT molecular complexity index is 601. The first kappa shape index (κ1) is 13.9. The summed E-state index contributed by atoms with van der Waals surface area (Å²) in [6, 6.07) is 15.0. The molecular weight excluding hydrogens is 252 g/mol. The summed E-state index contributed by atoms with van der Waals surface area (Å²) < 4.78 is 5.28. The van der Waals surface area contributed by atoms with Gasteiger partial charge in [0.25, 0.3) is 0 Å². The Labute approximate surface area is 118 Å². The van der Waals surface area contributed by atoms with Crippen molar-refractivity contribution in [2.75, 3.05) is 6.61 Å². The summed E-state index contributed by atoms with van der Waals surface area (Å²) in [7, 11) is 0. The Morgan fingerprint density at radius 1 is 0.950 bits per heavy atom. The zero-order valence-electron chi connectivity index (χ0n) is 11.5. The maximum atomic E-state index is 10.8. The van der Waals surface area contributed by atoms with Crippen LogP contribution in [0.4, 0.5) is 11.4 Å². The third kappa shape index (κ3) is 4.31. The van der Waals surface area contributed by atoms with Gasteiger partial charge in [-0.3, -0.25) is 4.79 Å². The Hall–Kier alpha value is -2.49. The van der Waals surface area contributed by atoms with Gasteiger partial charge in [0.05, 0.1) is 11.4 Å². The van der Waals surface area contributed by atoms with Gasteiger partial charge in [-0.05, 0) is 50.2 Å². The predicted octanol–water partition coefficient (Wildman–Crippen LogP) is 4.38. The van der Waals surface area contributed by atoms with Crippen molar-refractivity contribution in [3.8, 4) is 5.75 Å². The van der Waals surface area contributed by atoms with E-state index in [1.54, 1.807) is 24.3 Å². The summed E-state index contributed by atoms with van der Waals surface area (Å²) in [4.78, 5) is 10.8. The van der Waals surface area contributed by atoms with E-state index in [2.05, 4.69) is 10.2 Å². The van der Waals surface area contributed by atoms with Crippen LogP contribution in [0.5, 0.6) is 5.75 Å². The van der Waals surface area contributed by atoms with Crippen molar-refractivity contribution >= 4 is 17.2 Å². The fourth-order valence-corrected chi connectivity index (χ4v) is 1.52. The highest BCUT2D eigenvalue weighted by Crippen LogP contribution is 2.21. The number of Topliss-reactive ketones (excluding diaryl/α,β-unsaturated/α-hetero) is 1. The third-order valence-corrected chi connectivity index (χ3v) is 2.59. The molecule has 102 valence electrons. The van der Waals surface area contributed by atoms with Crippen molar-refractivity contribution in [2.24, 2.45) is 10.2 Å². The van der Waals surface area contributed by atoms with E-state index in [0.717, 1.165) is 11.4 Å². The van der Waals surface area contributed by atoms with E-state index in [1.165, 1.54) is 12.5 Å². The van der Waals surface area contributed by atoms with Crippen LogP contribution in [0.1, 0.15) is 12.5 Å². The Kier molecular flexibility index (Phi) is 4.60. The minimum absolute atomic E-state index is 0.00636. The number of nitrogens with zero attached hydrogens (tertiary/aromatic N) is 2. The van der Waals surface area contributed by atoms with Gasteiger partial charge in [0, 0.05) is 0 Å². The van der Waals surface area contributed by atoms with Gasteiger partial charge in [-0.15, -0.1) is 0 Å². The molecule has 0 atom stereocenters. The highest BCUT2D eigenvalue weighted by molar-refractivity contribution is 5.77. The van der Waals surface area contributed by atoms with Gasteiger partial charge in [0.15, 0.2) is 5.78 Å². The van der Waals surface area contributed by atoms with Crippen LogP contribution < -0.4 is 4.74 Å². The van der Waals surface area contributed by atoms with Gasteiger partial charge >= 0.3 is 0 Å². The lowest BCUT2D eigenvalue weighted by Gasteiger charge is -2.03. The monoisotopic (exact) mass is 268 g/mol. The summed E-state index contributed by atoms with van der Waals surface area (Å²) >= 11 is 0. The van der Waals surface area contributed by atoms with Crippen molar-refractivity contribution in [2.45, 2.75) is 13.8 Å². The number of hydrogen-bond donors (Lipinski definition) is 0. The van der Waals surface area contributed by atoms with Gasteiger partial charge < -0.3 is 4.74 Å². The van der Waals surface area contributed by atoms with Gasteiger partial charge in [-0.1, -0.05) is 17.7 Å². The molecule has 0 aliphatic carbocycles. The molecule has 20 heavy (non-hydrogen) atoms. The fraction of sp³-hybridized carbons (Fsp3) is 0.188. The molecule has 0 fully saturated rings. The highest BCUT2D eigenvalue weighted by atomic mass is 16.5. The summed E-state index contributed by atoms with van der Waals surface area (Å²) in [5.41, 5.74) is 2.74. The number of ether oxygens (including phenoxy) is 1. The normalized spacial score (nSPS) is 10.7. The van der Waals surface area contributed by atoms with Crippen LogP contribution in [-0.4, -0.2) is 12.4 Å². The van der Waals surface area contributed by atoms with Crippen molar-refractivity contribution in [3.63, 3.8) is 0 Å². The molecule has 4 nitrogen and oxygen atoms in total. The van der Waals surface area contributed by atoms with Crippen LogP contribution in [0.2, 0.25) is 0 Å². The lowest BCUT2D eigenvalue weighted by molar-refractivity contribution is -0.118. The quantitative estimate of drug-likeness (QED) is 0.755. The maximum Gasteiger partial charge on any atom is 0.167 e. The van der Waals surface area contributed by atoms with Crippen LogP contribution in [0.25, 0.3) is 0 Å². The molecule has 0 N–H and O–H groups in total. The minimum atomic E-state index is -0.00636. The second kappa shape index (κ2) is 6.61. The van der Waals surface area contributed by atoms with E-state index < -0.39 is 0 Å². The first-order valence-corrected chi connectivity index (χ1v) is 6.34. The SMILES string of the molecule is CC(=O)COc1ccc(N=Nc2ccc(C)cc2)cc1. The van der Waals surface area contributed by atoms with Gasteiger partial charge in [-0.25, -0.2) is 0 Å². The molecule has 0 saturated heterocycles. The maximum absolute atomic E-state index is 10.8. The second-order valence-electron chi connectivity index (χ2n) is 4.52. The number of aryl methyl sites for hydroxylation is 1. The molecule has 0 aliphatic heterocycles. The van der Waals surface area contributed by atoms with Crippen LogP contribution >= 0.6 is 0 Å². The zero-order valence-corrected chi connectivity index (χ0v) is 11.5. The molecule has 2 aromatic rings. The number of carbonyl (C=O) groups is 1. The molecule has 0 amide bonds. The van der Waals surface area contributed by atoms with Gasteiger partial charge in [0.2, 0.25) is 0 Å². The molecule has 0 bridgehead atoms. The average Bonchev–Trinajstić information content (AvgIpc) is 2.45. The van der Waals surface area contributed by atoms with E-state index in [1.807, 2.05) is 31.2 Å². The smallest absolute Gasteiger partial charge is 0.167 e. The first-order valence-electron chi connectivity index (χ1n) is 6.34. The van der Waals surface area contributed by atoms with Gasteiger partial charge in [-0.2, -0.15) is 10.2 Å². The molecule has 0 spiro atoms. The summed E-state index contributed by atoms with van der Waals surface area (Å²) in [6.45, 7) is 3.61. The fourth-order valence-electron chi connectivity index (χ4n) is 1.52. The standard InChI is InChI=1S/C16H16N2O2/c1-12-3-5-14(6-4-12)17-18-15-7-9-16(10-8-15)20-11-13(2)19/h3-10H,11H2,1-2H3. The van der Waals surface area contributed by atoms with E-state index >= 15 is 0 Å². The number of benzene rings is 2. The molecule has 2 aromatic carbocycles. The molecule has 0 radical (unpaired) electrons. The molecule has 0 aliphatic rings. The van der Waals surface area contributed by atoms with E-state index in [4.69, 9.17) is 4.74 Å². The zero-order chi connectivity index (χ0) is 14.4. The van der Waals surface area contributed by atoms with Crippen LogP contribution in [0.3, 0.4) is 0 Å².